The Morgan fingerprint density at radius 2 is 1.96 bits per heavy atom. The molecule has 0 saturated carbocycles. The Hall–Kier alpha value is -3.09. The highest BCUT2D eigenvalue weighted by atomic mass is 16.5. The number of rotatable bonds is 5. The molecule has 7 heteroatoms. The maximum Gasteiger partial charge on any atom is 0.255 e. The lowest BCUT2D eigenvalue weighted by Crippen LogP contribution is -2.29. The molecule has 7 nitrogen and oxygen atoms in total. The summed E-state index contributed by atoms with van der Waals surface area (Å²) in [4.78, 5) is 24.3. The fourth-order valence-electron chi connectivity index (χ4n) is 2.54. The fraction of sp³-hybridized carbons (Fsp3) is 0.278. The molecule has 2 N–H and O–H groups in total. The molecule has 0 unspecified atom stereocenters. The molecule has 0 aliphatic heterocycles. The van der Waals surface area contributed by atoms with Crippen LogP contribution >= 0.6 is 0 Å². The Morgan fingerprint density at radius 1 is 1.20 bits per heavy atom. The Balaban J connectivity index is 2.05. The molecule has 0 bridgehead atoms. The number of aromatic amines is 1. The fourth-order valence-corrected chi connectivity index (χ4v) is 2.54. The highest BCUT2D eigenvalue weighted by Gasteiger charge is 2.16. The third-order valence-electron chi connectivity index (χ3n) is 3.72. The van der Waals surface area contributed by atoms with Gasteiger partial charge in [0.15, 0.2) is 17.1 Å². The van der Waals surface area contributed by atoms with Crippen LogP contribution in [0.15, 0.2) is 30.6 Å². The number of aromatic nitrogens is 3. The molecule has 25 heavy (non-hydrogen) atoms. The molecule has 0 spiro atoms. The smallest absolute Gasteiger partial charge is 0.255 e. The number of H-pyrrole nitrogens is 1. The second kappa shape index (κ2) is 6.80. The maximum absolute atomic E-state index is 12.3. The van der Waals surface area contributed by atoms with Gasteiger partial charge in [0.05, 0.1) is 31.7 Å². The molecule has 0 atom stereocenters. The molecule has 0 radical (unpaired) electrons. The topological polar surface area (TPSA) is 89.1 Å². The molecular weight excluding hydrogens is 320 g/mol. The van der Waals surface area contributed by atoms with E-state index in [1.165, 1.54) is 0 Å². The van der Waals surface area contributed by atoms with Crippen molar-refractivity contribution in [1.29, 1.82) is 0 Å². The van der Waals surface area contributed by atoms with E-state index in [2.05, 4.69) is 20.3 Å². The summed E-state index contributed by atoms with van der Waals surface area (Å²) in [5.41, 5.74) is 3.04. The van der Waals surface area contributed by atoms with Gasteiger partial charge in [-0.25, -0.2) is 9.97 Å². The molecule has 130 valence electrons. The van der Waals surface area contributed by atoms with Gasteiger partial charge in [0.1, 0.15) is 5.52 Å². The van der Waals surface area contributed by atoms with Gasteiger partial charge in [0.25, 0.3) is 5.91 Å². The molecular formula is C18H20N4O3. The van der Waals surface area contributed by atoms with Crippen LogP contribution in [0.1, 0.15) is 24.2 Å². The van der Waals surface area contributed by atoms with Crippen molar-refractivity contribution in [3.05, 3.63) is 36.2 Å². The van der Waals surface area contributed by atoms with Gasteiger partial charge in [-0.3, -0.25) is 4.79 Å². The number of hydrogen-bond acceptors (Lipinski definition) is 5. The van der Waals surface area contributed by atoms with E-state index >= 15 is 0 Å². The van der Waals surface area contributed by atoms with E-state index < -0.39 is 0 Å². The van der Waals surface area contributed by atoms with Gasteiger partial charge in [-0.15, -0.1) is 0 Å². The molecule has 0 aliphatic rings. The number of benzene rings is 1. The molecule has 1 amide bonds. The molecule has 2 aromatic heterocycles. The van der Waals surface area contributed by atoms with Gasteiger partial charge in [-0.05, 0) is 32.0 Å². The van der Waals surface area contributed by atoms with Gasteiger partial charge in [0, 0.05) is 17.8 Å². The lowest BCUT2D eigenvalue weighted by atomic mass is 10.1. The molecule has 1 aromatic carbocycles. The number of nitrogens with zero attached hydrogens (tertiary/aromatic N) is 2. The van der Waals surface area contributed by atoms with Crippen LogP contribution in [0.25, 0.3) is 22.4 Å². The van der Waals surface area contributed by atoms with E-state index in [-0.39, 0.29) is 11.9 Å². The van der Waals surface area contributed by atoms with E-state index in [9.17, 15) is 4.79 Å². The van der Waals surface area contributed by atoms with Gasteiger partial charge in [0.2, 0.25) is 0 Å². The van der Waals surface area contributed by atoms with Crippen molar-refractivity contribution in [3.63, 3.8) is 0 Å². The molecule has 0 aliphatic carbocycles. The van der Waals surface area contributed by atoms with Crippen LogP contribution in [0.3, 0.4) is 0 Å². The SMILES string of the molecule is COc1ccc(-c2cnc3[nH]cc(C(=O)NC(C)C)c3n2)cc1OC. The normalized spacial score (nSPS) is 10.9. The third kappa shape index (κ3) is 3.26. The summed E-state index contributed by atoms with van der Waals surface area (Å²) in [6.07, 6.45) is 3.28. The molecule has 2 heterocycles. The second-order valence-corrected chi connectivity index (χ2v) is 5.85. The Morgan fingerprint density at radius 3 is 2.64 bits per heavy atom. The number of ether oxygens (including phenoxy) is 2. The summed E-state index contributed by atoms with van der Waals surface area (Å²) in [5, 5.41) is 2.87. The number of fused-ring (bicyclic) bond motifs is 1. The number of methoxy groups -OCH3 is 2. The van der Waals surface area contributed by atoms with E-state index in [1.54, 1.807) is 26.6 Å². The van der Waals surface area contributed by atoms with Crippen LogP contribution in [0.2, 0.25) is 0 Å². The number of nitrogens with one attached hydrogen (secondary N) is 2. The van der Waals surface area contributed by atoms with E-state index in [1.807, 2.05) is 32.0 Å². The zero-order valence-corrected chi connectivity index (χ0v) is 14.6. The van der Waals surface area contributed by atoms with Gasteiger partial charge < -0.3 is 19.8 Å². The summed E-state index contributed by atoms with van der Waals surface area (Å²) < 4.78 is 10.6. The summed E-state index contributed by atoms with van der Waals surface area (Å²) in [6, 6.07) is 5.55. The van der Waals surface area contributed by atoms with Crippen LogP contribution in [0.5, 0.6) is 11.5 Å². The highest BCUT2D eigenvalue weighted by Crippen LogP contribution is 2.32. The zero-order chi connectivity index (χ0) is 18.0. The monoisotopic (exact) mass is 340 g/mol. The summed E-state index contributed by atoms with van der Waals surface area (Å²) in [5.74, 6) is 1.06. The van der Waals surface area contributed by atoms with Crippen molar-refractivity contribution < 1.29 is 14.3 Å². The largest absolute Gasteiger partial charge is 0.493 e. The van der Waals surface area contributed by atoms with Crippen molar-refractivity contribution in [2.24, 2.45) is 0 Å². The Bertz CT molecular complexity index is 918. The van der Waals surface area contributed by atoms with Crippen molar-refractivity contribution in [1.82, 2.24) is 20.3 Å². The Kier molecular flexibility index (Phi) is 4.56. The van der Waals surface area contributed by atoms with Crippen LogP contribution in [0, 0.1) is 0 Å². The van der Waals surface area contributed by atoms with E-state index in [4.69, 9.17) is 9.47 Å². The Labute approximate surface area is 145 Å². The van der Waals surface area contributed by atoms with Gasteiger partial charge >= 0.3 is 0 Å². The minimum Gasteiger partial charge on any atom is -0.493 e. The average molecular weight is 340 g/mol. The zero-order valence-electron chi connectivity index (χ0n) is 14.6. The predicted octanol–water partition coefficient (Wildman–Crippen LogP) is 2.78. The first-order chi connectivity index (χ1) is 12.0. The minimum absolute atomic E-state index is 0.0411. The van der Waals surface area contributed by atoms with Crippen molar-refractivity contribution in [2.75, 3.05) is 14.2 Å². The lowest BCUT2D eigenvalue weighted by molar-refractivity contribution is 0.0944. The van der Waals surface area contributed by atoms with Crippen molar-refractivity contribution in [2.45, 2.75) is 19.9 Å². The number of carbonyl (C=O) groups is 1. The number of amides is 1. The van der Waals surface area contributed by atoms with Crippen molar-refractivity contribution >= 4 is 17.1 Å². The van der Waals surface area contributed by atoms with Crippen LogP contribution in [0.4, 0.5) is 0 Å². The highest BCUT2D eigenvalue weighted by molar-refractivity contribution is 6.04. The average Bonchev–Trinajstić information content (AvgIpc) is 3.03. The maximum atomic E-state index is 12.3. The quantitative estimate of drug-likeness (QED) is 0.745. The van der Waals surface area contributed by atoms with Crippen LogP contribution in [-0.4, -0.2) is 41.1 Å². The van der Waals surface area contributed by atoms with E-state index in [0.717, 1.165) is 5.56 Å². The first kappa shape index (κ1) is 16.8. The van der Waals surface area contributed by atoms with Gasteiger partial charge in [-0.1, -0.05) is 0 Å². The number of hydrogen-bond donors (Lipinski definition) is 2. The summed E-state index contributed by atoms with van der Waals surface area (Å²) in [7, 11) is 3.17. The predicted molar refractivity (Wildman–Crippen MR) is 95.0 cm³/mol. The molecule has 0 saturated heterocycles. The first-order valence-electron chi connectivity index (χ1n) is 7.91. The van der Waals surface area contributed by atoms with Gasteiger partial charge in [-0.2, -0.15) is 0 Å². The number of carbonyl (C=O) groups excluding carboxylic acids is 1. The minimum atomic E-state index is -0.181. The third-order valence-corrected chi connectivity index (χ3v) is 3.72. The van der Waals surface area contributed by atoms with Crippen molar-refractivity contribution in [3.8, 4) is 22.8 Å². The van der Waals surface area contributed by atoms with Crippen LogP contribution in [-0.2, 0) is 0 Å². The van der Waals surface area contributed by atoms with Crippen LogP contribution < -0.4 is 14.8 Å². The molecule has 3 aromatic rings. The first-order valence-corrected chi connectivity index (χ1v) is 7.91. The standard InChI is InChI=1S/C18H20N4O3/c1-10(2)21-18(23)12-8-19-17-16(12)22-13(9-20-17)11-5-6-14(24-3)15(7-11)25-4/h5-10H,1-4H3,(H,19,20)(H,21,23). The van der Waals surface area contributed by atoms with E-state index in [0.29, 0.717) is 33.9 Å². The lowest BCUT2D eigenvalue weighted by Gasteiger charge is -2.09. The second-order valence-electron chi connectivity index (χ2n) is 5.85. The summed E-state index contributed by atoms with van der Waals surface area (Å²) >= 11 is 0. The molecule has 3 rings (SSSR count). The molecule has 0 fully saturated rings. The summed E-state index contributed by atoms with van der Waals surface area (Å²) in [6.45, 7) is 3.82.